The Morgan fingerprint density at radius 2 is 1.67 bits per heavy atom. The van der Waals surface area contributed by atoms with Gasteiger partial charge in [0.1, 0.15) is 11.9 Å². The standard InChI is InChI=1S/C19H25FN2O2/c1-14(17(23)22-12-4-5-13-22)21-18(24)19(10-2-3-11-19)15-6-8-16(20)9-7-15/h6-9,14H,2-5,10-13H2,1H3,(H,21,24)/t14-/m1/s1. The third-order valence-electron chi connectivity index (χ3n) is 5.42. The lowest BCUT2D eigenvalue weighted by molar-refractivity contribution is -0.136. The molecule has 24 heavy (non-hydrogen) atoms. The first-order valence-corrected chi connectivity index (χ1v) is 8.89. The minimum atomic E-state index is -0.632. The Morgan fingerprint density at radius 1 is 1.08 bits per heavy atom. The predicted octanol–water partition coefficient (Wildman–Crippen LogP) is 2.76. The lowest BCUT2D eigenvalue weighted by Gasteiger charge is -2.30. The van der Waals surface area contributed by atoms with Gasteiger partial charge >= 0.3 is 0 Å². The summed E-state index contributed by atoms with van der Waals surface area (Å²) in [5, 5.41) is 2.93. The van der Waals surface area contributed by atoms with E-state index in [1.54, 1.807) is 19.1 Å². The Morgan fingerprint density at radius 3 is 2.25 bits per heavy atom. The summed E-state index contributed by atoms with van der Waals surface area (Å²) in [6.07, 6.45) is 5.50. The summed E-state index contributed by atoms with van der Waals surface area (Å²) in [6, 6.07) is 5.69. The average molecular weight is 332 g/mol. The van der Waals surface area contributed by atoms with Gasteiger partial charge in [-0.1, -0.05) is 25.0 Å². The Labute approximate surface area is 142 Å². The van der Waals surface area contributed by atoms with Crippen LogP contribution in [0.25, 0.3) is 0 Å². The van der Waals surface area contributed by atoms with Crippen molar-refractivity contribution in [1.29, 1.82) is 0 Å². The molecule has 1 N–H and O–H groups in total. The zero-order chi connectivity index (χ0) is 17.2. The van der Waals surface area contributed by atoms with Crippen LogP contribution >= 0.6 is 0 Å². The summed E-state index contributed by atoms with van der Waals surface area (Å²) in [5.74, 6) is -0.412. The van der Waals surface area contributed by atoms with Gasteiger partial charge in [-0.05, 0) is 50.3 Å². The van der Waals surface area contributed by atoms with E-state index in [2.05, 4.69) is 5.32 Å². The van der Waals surface area contributed by atoms with E-state index in [9.17, 15) is 14.0 Å². The third-order valence-corrected chi connectivity index (χ3v) is 5.42. The topological polar surface area (TPSA) is 49.4 Å². The first kappa shape index (κ1) is 16.9. The molecule has 0 bridgehead atoms. The van der Waals surface area contributed by atoms with E-state index < -0.39 is 11.5 Å². The Hall–Kier alpha value is -1.91. The molecule has 0 unspecified atom stereocenters. The third kappa shape index (κ3) is 3.17. The van der Waals surface area contributed by atoms with Crippen LogP contribution in [0.3, 0.4) is 0 Å². The maximum atomic E-state index is 13.2. The monoisotopic (exact) mass is 332 g/mol. The maximum absolute atomic E-state index is 13.2. The molecule has 1 aromatic carbocycles. The van der Waals surface area contributed by atoms with Crippen LogP contribution in [0, 0.1) is 5.82 Å². The van der Waals surface area contributed by atoms with Crippen molar-refractivity contribution in [1.82, 2.24) is 10.2 Å². The lowest BCUT2D eigenvalue weighted by atomic mass is 9.78. The minimum absolute atomic E-state index is 0.00639. The molecule has 2 fully saturated rings. The van der Waals surface area contributed by atoms with Crippen LogP contribution in [-0.2, 0) is 15.0 Å². The molecule has 2 amide bonds. The van der Waals surface area contributed by atoms with E-state index in [0.29, 0.717) is 0 Å². The van der Waals surface area contributed by atoms with Crippen LogP contribution in [0.2, 0.25) is 0 Å². The number of carbonyl (C=O) groups is 2. The van der Waals surface area contributed by atoms with Gasteiger partial charge in [0.2, 0.25) is 11.8 Å². The number of likely N-dealkylation sites (tertiary alicyclic amines) is 1. The normalized spacial score (nSPS) is 20.8. The van der Waals surface area contributed by atoms with Crippen LogP contribution in [0.15, 0.2) is 24.3 Å². The zero-order valence-corrected chi connectivity index (χ0v) is 14.2. The molecule has 1 saturated carbocycles. The van der Waals surface area contributed by atoms with E-state index in [-0.39, 0.29) is 17.6 Å². The van der Waals surface area contributed by atoms with Crippen LogP contribution in [0.5, 0.6) is 0 Å². The van der Waals surface area contributed by atoms with Gasteiger partial charge in [0.15, 0.2) is 0 Å². The molecule has 1 atom stereocenters. The fourth-order valence-corrected chi connectivity index (χ4v) is 4.00. The second-order valence-electron chi connectivity index (χ2n) is 7.02. The highest BCUT2D eigenvalue weighted by atomic mass is 19.1. The van der Waals surface area contributed by atoms with Crippen molar-refractivity contribution < 1.29 is 14.0 Å². The summed E-state index contributed by atoms with van der Waals surface area (Å²) in [6.45, 7) is 3.32. The first-order valence-electron chi connectivity index (χ1n) is 8.89. The number of amides is 2. The number of hydrogen-bond acceptors (Lipinski definition) is 2. The van der Waals surface area contributed by atoms with Gasteiger partial charge in [0, 0.05) is 13.1 Å². The first-order chi connectivity index (χ1) is 11.5. The second kappa shape index (κ2) is 6.91. The van der Waals surface area contributed by atoms with Gasteiger partial charge < -0.3 is 10.2 Å². The number of hydrogen-bond donors (Lipinski definition) is 1. The Kier molecular flexibility index (Phi) is 4.88. The van der Waals surface area contributed by atoms with Gasteiger partial charge in [0.25, 0.3) is 0 Å². The van der Waals surface area contributed by atoms with E-state index in [0.717, 1.165) is 57.2 Å². The van der Waals surface area contributed by atoms with Gasteiger partial charge in [-0.25, -0.2) is 4.39 Å². The minimum Gasteiger partial charge on any atom is -0.344 e. The molecular formula is C19H25FN2O2. The summed E-state index contributed by atoms with van der Waals surface area (Å²) < 4.78 is 13.2. The summed E-state index contributed by atoms with van der Waals surface area (Å²) >= 11 is 0. The molecule has 0 spiro atoms. The van der Waals surface area contributed by atoms with E-state index >= 15 is 0 Å². The molecule has 1 saturated heterocycles. The molecule has 4 nitrogen and oxygen atoms in total. The fourth-order valence-electron chi connectivity index (χ4n) is 4.00. The summed E-state index contributed by atoms with van der Waals surface area (Å²) in [5.41, 5.74) is 0.215. The van der Waals surface area contributed by atoms with Crippen molar-refractivity contribution in [3.05, 3.63) is 35.6 Å². The van der Waals surface area contributed by atoms with Crippen molar-refractivity contribution >= 4 is 11.8 Å². The number of carbonyl (C=O) groups excluding carboxylic acids is 2. The summed E-state index contributed by atoms with van der Waals surface area (Å²) in [4.78, 5) is 27.3. The molecular weight excluding hydrogens is 307 g/mol. The van der Waals surface area contributed by atoms with E-state index in [1.807, 2.05) is 4.90 Å². The molecule has 0 aromatic heterocycles. The summed E-state index contributed by atoms with van der Waals surface area (Å²) in [7, 11) is 0. The predicted molar refractivity (Wildman–Crippen MR) is 90.0 cm³/mol. The van der Waals surface area contributed by atoms with Crippen molar-refractivity contribution in [2.24, 2.45) is 0 Å². The smallest absolute Gasteiger partial charge is 0.244 e. The second-order valence-corrected chi connectivity index (χ2v) is 7.02. The van der Waals surface area contributed by atoms with Crippen molar-refractivity contribution in [3.63, 3.8) is 0 Å². The highest BCUT2D eigenvalue weighted by Gasteiger charge is 2.43. The van der Waals surface area contributed by atoms with E-state index in [1.165, 1.54) is 12.1 Å². The maximum Gasteiger partial charge on any atom is 0.244 e. The van der Waals surface area contributed by atoms with Crippen LogP contribution in [-0.4, -0.2) is 35.8 Å². The number of halogens is 1. The largest absolute Gasteiger partial charge is 0.344 e. The molecule has 130 valence electrons. The SMILES string of the molecule is C[C@@H](NC(=O)C1(c2ccc(F)cc2)CCCC1)C(=O)N1CCCC1. The highest BCUT2D eigenvalue weighted by Crippen LogP contribution is 2.41. The Balaban J connectivity index is 1.75. The zero-order valence-electron chi connectivity index (χ0n) is 14.2. The molecule has 1 heterocycles. The van der Waals surface area contributed by atoms with Crippen LogP contribution < -0.4 is 5.32 Å². The Bertz CT molecular complexity index is 602. The van der Waals surface area contributed by atoms with Gasteiger partial charge in [-0.2, -0.15) is 0 Å². The van der Waals surface area contributed by atoms with E-state index in [4.69, 9.17) is 0 Å². The fraction of sp³-hybridized carbons (Fsp3) is 0.579. The van der Waals surface area contributed by atoms with Gasteiger partial charge in [0.05, 0.1) is 5.41 Å². The lowest BCUT2D eigenvalue weighted by Crippen LogP contribution is -2.51. The quantitative estimate of drug-likeness (QED) is 0.922. The van der Waals surface area contributed by atoms with Crippen LogP contribution in [0.1, 0.15) is 51.0 Å². The molecule has 1 aliphatic carbocycles. The average Bonchev–Trinajstić information content (AvgIpc) is 3.27. The van der Waals surface area contributed by atoms with Crippen LogP contribution in [0.4, 0.5) is 4.39 Å². The van der Waals surface area contributed by atoms with Gasteiger partial charge in [-0.15, -0.1) is 0 Å². The molecule has 0 radical (unpaired) electrons. The van der Waals surface area contributed by atoms with Crippen molar-refractivity contribution in [3.8, 4) is 0 Å². The molecule has 1 aliphatic heterocycles. The molecule has 3 rings (SSSR count). The molecule has 5 heteroatoms. The van der Waals surface area contributed by atoms with Gasteiger partial charge in [-0.3, -0.25) is 9.59 Å². The number of nitrogens with one attached hydrogen (secondary N) is 1. The molecule has 1 aromatic rings. The number of benzene rings is 1. The van der Waals surface area contributed by atoms with Crippen molar-refractivity contribution in [2.45, 2.75) is 56.9 Å². The number of nitrogens with zero attached hydrogens (tertiary/aromatic N) is 1. The number of rotatable bonds is 4. The molecule has 2 aliphatic rings. The highest BCUT2D eigenvalue weighted by molar-refractivity contribution is 5.93. The van der Waals surface area contributed by atoms with Crippen molar-refractivity contribution in [2.75, 3.05) is 13.1 Å².